The van der Waals surface area contributed by atoms with Crippen molar-refractivity contribution in [2.75, 3.05) is 18.9 Å². The summed E-state index contributed by atoms with van der Waals surface area (Å²) in [6.45, 7) is -0.301. The van der Waals surface area contributed by atoms with Crippen LogP contribution < -0.4 is 15.2 Å². The minimum atomic E-state index is -3.58. The number of rotatable bonds is 6. The molecule has 0 saturated carbocycles. The van der Waals surface area contributed by atoms with Gasteiger partial charge < -0.3 is 10.1 Å². The minimum absolute atomic E-state index is 0.0611. The maximum atomic E-state index is 11.3. The van der Waals surface area contributed by atoms with Crippen molar-refractivity contribution in [2.24, 2.45) is 5.14 Å². The van der Waals surface area contributed by atoms with Crippen LogP contribution in [-0.2, 0) is 14.8 Å². The van der Waals surface area contributed by atoms with E-state index in [-0.39, 0.29) is 18.9 Å². The molecule has 7 nitrogen and oxygen atoms in total. The molecule has 0 spiro atoms. The van der Waals surface area contributed by atoms with Gasteiger partial charge in [-0.1, -0.05) is 0 Å². The third-order valence-electron chi connectivity index (χ3n) is 2.06. The molecule has 0 saturated heterocycles. The number of nitriles is 1. The lowest BCUT2D eigenvalue weighted by atomic mass is 10.2. The number of ether oxygens (including phenoxy) is 1. The van der Waals surface area contributed by atoms with Crippen LogP contribution >= 0.6 is 0 Å². The van der Waals surface area contributed by atoms with E-state index in [1.54, 1.807) is 24.3 Å². The summed E-state index contributed by atoms with van der Waals surface area (Å²) in [5.74, 6) is -0.330. The minimum Gasteiger partial charge on any atom is -0.484 e. The number of nitrogens with zero attached hydrogens (tertiary/aromatic N) is 1. The monoisotopic (exact) mass is 283 g/mol. The topological polar surface area (TPSA) is 122 Å². The highest BCUT2D eigenvalue weighted by atomic mass is 32.2. The highest BCUT2D eigenvalue weighted by molar-refractivity contribution is 7.89. The standard InChI is InChI=1S/C11H13N3O4S/c12-7-9-1-3-10(4-2-9)18-8-11(15)14-5-6-19(13,16)17/h1-4H,5-6,8H2,(H,14,15)(H2,13,16,17). The molecule has 1 rings (SSSR count). The fourth-order valence-corrected chi connectivity index (χ4v) is 1.54. The summed E-state index contributed by atoms with van der Waals surface area (Å²) in [6.07, 6.45) is 0. The van der Waals surface area contributed by atoms with E-state index < -0.39 is 15.9 Å². The number of nitrogens with two attached hydrogens (primary N) is 1. The zero-order valence-corrected chi connectivity index (χ0v) is 10.8. The molecular formula is C11H13N3O4S. The van der Waals surface area contributed by atoms with Crippen LogP contribution in [0, 0.1) is 11.3 Å². The van der Waals surface area contributed by atoms with Crippen LogP contribution in [0.25, 0.3) is 0 Å². The zero-order valence-electron chi connectivity index (χ0n) is 10.00. The summed E-state index contributed by atoms with van der Waals surface area (Å²) < 4.78 is 26.4. The molecule has 3 N–H and O–H groups in total. The van der Waals surface area contributed by atoms with Gasteiger partial charge in [0.25, 0.3) is 5.91 Å². The van der Waals surface area contributed by atoms with Gasteiger partial charge in [0.2, 0.25) is 10.0 Å². The maximum absolute atomic E-state index is 11.3. The van der Waals surface area contributed by atoms with Crippen LogP contribution in [0.2, 0.25) is 0 Å². The first-order chi connectivity index (χ1) is 8.90. The van der Waals surface area contributed by atoms with E-state index in [9.17, 15) is 13.2 Å². The normalized spacial score (nSPS) is 10.5. The lowest BCUT2D eigenvalue weighted by molar-refractivity contribution is -0.122. The Morgan fingerprint density at radius 3 is 2.53 bits per heavy atom. The summed E-state index contributed by atoms with van der Waals surface area (Å²) in [4.78, 5) is 11.3. The molecule has 0 atom stereocenters. The van der Waals surface area contributed by atoms with E-state index in [4.69, 9.17) is 15.1 Å². The van der Waals surface area contributed by atoms with Crippen molar-refractivity contribution in [1.29, 1.82) is 5.26 Å². The van der Waals surface area contributed by atoms with Crippen molar-refractivity contribution in [3.63, 3.8) is 0 Å². The Hall–Kier alpha value is -2.11. The number of sulfonamides is 1. The van der Waals surface area contributed by atoms with Gasteiger partial charge in [-0.3, -0.25) is 4.79 Å². The Balaban J connectivity index is 2.32. The second kappa shape index (κ2) is 6.72. The van der Waals surface area contributed by atoms with Crippen LogP contribution in [0.1, 0.15) is 5.56 Å². The molecule has 0 aliphatic carbocycles. The number of amides is 1. The summed E-state index contributed by atoms with van der Waals surface area (Å²) in [5, 5.41) is 15.7. The number of carbonyl (C=O) groups excluding carboxylic acids is 1. The predicted octanol–water partition coefficient (Wildman–Crippen LogP) is -0.658. The molecule has 1 aromatic carbocycles. The summed E-state index contributed by atoms with van der Waals surface area (Å²) in [6, 6.07) is 8.22. The van der Waals surface area contributed by atoms with Gasteiger partial charge in [0.05, 0.1) is 17.4 Å². The van der Waals surface area contributed by atoms with Gasteiger partial charge in [0.1, 0.15) is 5.75 Å². The van der Waals surface area contributed by atoms with Gasteiger partial charge >= 0.3 is 0 Å². The third kappa shape index (κ3) is 6.40. The molecule has 102 valence electrons. The summed E-state index contributed by atoms with van der Waals surface area (Å²) in [5.41, 5.74) is 0.491. The SMILES string of the molecule is N#Cc1ccc(OCC(=O)NCCS(N)(=O)=O)cc1. The van der Waals surface area contributed by atoms with Crippen molar-refractivity contribution in [3.8, 4) is 11.8 Å². The quantitative estimate of drug-likeness (QED) is 0.717. The van der Waals surface area contributed by atoms with Crippen LogP contribution in [0.15, 0.2) is 24.3 Å². The van der Waals surface area contributed by atoms with Crippen LogP contribution in [-0.4, -0.2) is 33.2 Å². The largest absolute Gasteiger partial charge is 0.484 e. The van der Waals surface area contributed by atoms with E-state index in [1.807, 2.05) is 6.07 Å². The Morgan fingerprint density at radius 1 is 1.37 bits per heavy atom. The van der Waals surface area contributed by atoms with Gasteiger partial charge in [-0.2, -0.15) is 5.26 Å². The van der Waals surface area contributed by atoms with E-state index >= 15 is 0 Å². The molecule has 19 heavy (non-hydrogen) atoms. The zero-order chi connectivity index (χ0) is 14.3. The highest BCUT2D eigenvalue weighted by Gasteiger charge is 2.06. The number of nitrogens with one attached hydrogen (secondary N) is 1. The molecule has 1 amide bonds. The van der Waals surface area contributed by atoms with E-state index in [0.717, 1.165) is 0 Å². The van der Waals surface area contributed by atoms with Crippen LogP contribution in [0.5, 0.6) is 5.75 Å². The molecule has 0 heterocycles. The molecule has 8 heteroatoms. The van der Waals surface area contributed by atoms with E-state index in [1.165, 1.54) is 0 Å². The molecule has 0 fully saturated rings. The van der Waals surface area contributed by atoms with Crippen LogP contribution in [0.3, 0.4) is 0 Å². The average molecular weight is 283 g/mol. The van der Waals surface area contributed by atoms with Crippen molar-refractivity contribution < 1.29 is 17.9 Å². The molecule has 0 radical (unpaired) electrons. The number of carbonyl (C=O) groups is 1. The Bertz CT molecular complexity index is 575. The first kappa shape index (κ1) is 14.9. The Labute approximate surface area is 111 Å². The van der Waals surface area contributed by atoms with Gasteiger partial charge in [0.15, 0.2) is 6.61 Å². The highest BCUT2D eigenvalue weighted by Crippen LogP contribution is 2.10. The molecule has 0 aliphatic heterocycles. The van der Waals surface area contributed by atoms with Crippen molar-refractivity contribution in [3.05, 3.63) is 29.8 Å². The maximum Gasteiger partial charge on any atom is 0.257 e. The molecule has 0 aromatic heterocycles. The number of benzene rings is 1. The fraction of sp³-hybridized carbons (Fsp3) is 0.273. The first-order valence-electron chi connectivity index (χ1n) is 5.31. The van der Waals surface area contributed by atoms with Gasteiger partial charge in [-0.05, 0) is 24.3 Å². The molecular weight excluding hydrogens is 270 g/mol. The second-order valence-corrected chi connectivity index (χ2v) is 5.38. The summed E-state index contributed by atoms with van der Waals surface area (Å²) >= 11 is 0. The first-order valence-corrected chi connectivity index (χ1v) is 7.02. The average Bonchev–Trinajstić information content (AvgIpc) is 2.35. The lowest BCUT2D eigenvalue weighted by Crippen LogP contribution is -2.34. The number of hydrogen-bond donors (Lipinski definition) is 2. The second-order valence-electron chi connectivity index (χ2n) is 3.64. The van der Waals surface area contributed by atoms with Gasteiger partial charge in [-0.25, -0.2) is 13.6 Å². The summed E-state index contributed by atoms with van der Waals surface area (Å²) in [7, 11) is -3.58. The van der Waals surface area contributed by atoms with Gasteiger partial charge in [0, 0.05) is 6.54 Å². The molecule has 0 bridgehead atoms. The van der Waals surface area contributed by atoms with E-state index in [0.29, 0.717) is 11.3 Å². The van der Waals surface area contributed by atoms with Crippen molar-refractivity contribution >= 4 is 15.9 Å². The molecule has 1 aromatic rings. The third-order valence-corrected chi connectivity index (χ3v) is 2.84. The number of hydrogen-bond acceptors (Lipinski definition) is 5. The smallest absolute Gasteiger partial charge is 0.257 e. The Morgan fingerprint density at radius 2 is 2.00 bits per heavy atom. The predicted molar refractivity (Wildman–Crippen MR) is 67.6 cm³/mol. The lowest BCUT2D eigenvalue weighted by Gasteiger charge is -2.06. The number of primary sulfonamides is 1. The fourth-order valence-electron chi connectivity index (χ4n) is 1.16. The van der Waals surface area contributed by atoms with Crippen molar-refractivity contribution in [1.82, 2.24) is 5.32 Å². The van der Waals surface area contributed by atoms with Crippen LogP contribution in [0.4, 0.5) is 0 Å². The Kier molecular flexibility index (Phi) is 5.29. The molecule has 0 unspecified atom stereocenters. The van der Waals surface area contributed by atoms with Crippen molar-refractivity contribution in [2.45, 2.75) is 0 Å². The molecule has 0 aliphatic rings. The van der Waals surface area contributed by atoms with E-state index in [2.05, 4.69) is 5.32 Å². The van der Waals surface area contributed by atoms with Gasteiger partial charge in [-0.15, -0.1) is 0 Å².